The minimum Gasteiger partial charge on any atom is -0.478 e. The number of carboxylic acid groups (broad SMARTS) is 1. The number of hydrogen-bond donors (Lipinski definition) is 1. The largest absolute Gasteiger partial charge is 0.478 e. The molecule has 138 valence electrons. The SMILES string of the molecule is CC(C)(C)c1ccc(Oc2ccc(C=CC(=O)O)cc2)c(C(C)(C)C)c1. The molecule has 0 aliphatic carbocycles. The number of aliphatic carboxylic acids is 1. The van der Waals surface area contributed by atoms with E-state index in [2.05, 4.69) is 53.7 Å². The van der Waals surface area contributed by atoms with Crippen molar-refractivity contribution < 1.29 is 14.6 Å². The first-order valence-electron chi connectivity index (χ1n) is 8.81. The lowest BCUT2D eigenvalue weighted by Crippen LogP contribution is -2.17. The molecule has 2 aromatic rings. The first-order chi connectivity index (χ1) is 12.0. The summed E-state index contributed by atoms with van der Waals surface area (Å²) in [4.78, 5) is 10.6. The van der Waals surface area contributed by atoms with Gasteiger partial charge in [0.25, 0.3) is 0 Å². The molecule has 0 amide bonds. The molecular formula is C23H28O3. The molecule has 0 heterocycles. The highest BCUT2D eigenvalue weighted by atomic mass is 16.5. The van der Waals surface area contributed by atoms with Crippen LogP contribution in [0.4, 0.5) is 0 Å². The predicted octanol–water partition coefficient (Wildman–Crippen LogP) is 6.17. The lowest BCUT2D eigenvalue weighted by molar-refractivity contribution is -0.131. The number of rotatable bonds is 4. The molecule has 0 unspecified atom stereocenters. The second kappa shape index (κ2) is 7.36. The maximum absolute atomic E-state index is 10.6. The van der Waals surface area contributed by atoms with Crippen molar-refractivity contribution in [2.45, 2.75) is 52.4 Å². The number of benzene rings is 2. The van der Waals surface area contributed by atoms with Crippen LogP contribution in [0.5, 0.6) is 11.5 Å². The number of carbonyl (C=O) groups is 1. The van der Waals surface area contributed by atoms with Crippen molar-refractivity contribution in [3.63, 3.8) is 0 Å². The van der Waals surface area contributed by atoms with Crippen LogP contribution in [0.25, 0.3) is 6.08 Å². The van der Waals surface area contributed by atoms with Crippen LogP contribution >= 0.6 is 0 Å². The highest BCUT2D eigenvalue weighted by Crippen LogP contribution is 2.37. The van der Waals surface area contributed by atoms with Crippen LogP contribution in [0.1, 0.15) is 58.2 Å². The van der Waals surface area contributed by atoms with Crippen LogP contribution < -0.4 is 4.74 Å². The monoisotopic (exact) mass is 352 g/mol. The van der Waals surface area contributed by atoms with Gasteiger partial charge in [0, 0.05) is 11.6 Å². The molecule has 0 aromatic heterocycles. The van der Waals surface area contributed by atoms with E-state index in [0.717, 1.165) is 23.1 Å². The standard InChI is InChI=1S/C23H28O3/c1-22(2,3)17-10-13-20(19(15-17)23(4,5)6)26-18-11-7-16(8-12-18)9-14-21(24)25/h7-15H,1-6H3,(H,24,25). The lowest BCUT2D eigenvalue weighted by Gasteiger charge is -2.27. The maximum Gasteiger partial charge on any atom is 0.328 e. The average molecular weight is 352 g/mol. The molecule has 0 radical (unpaired) electrons. The minimum atomic E-state index is -0.959. The van der Waals surface area contributed by atoms with E-state index < -0.39 is 5.97 Å². The first kappa shape index (κ1) is 19.8. The molecule has 0 spiro atoms. The minimum absolute atomic E-state index is 0.0409. The smallest absolute Gasteiger partial charge is 0.328 e. The summed E-state index contributed by atoms with van der Waals surface area (Å²) in [6.07, 6.45) is 2.68. The third kappa shape index (κ3) is 5.22. The molecule has 3 nitrogen and oxygen atoms in total. The van der Waals surface area contributed by atoms with Gasteiger partial charge in [-0.3, -0.25) is 0 Å². The number of hydrogen-bond acceptors (Lipinski definition) is 2. The lowest BCUT2D eigenvalue weighted by atomic mass is 9.80. The molecule has 1 N–H and O–H groups in total. The molecule has 0 fully saturated rings. The van der Waals surface area contributed by atoms with Crippen molar-refractivity contribution in [1.29, 1.82) is 0 Å². The highest BCUT2D eigenvalue weighted by molar-refractivity contribution is 5.85. The molecule has 3 heteroatoms. The topological polar surface area (TPSA) is 46.5 Å². The summed E-state index contributed by atoms with van der Waals surface area (Å²) in [6.45, 7) is 13.2. The van der Waals surface area contributed by atoms with Crippen LogP contribution in [-0.2, 0) is 15.6 Å². The van der Waals surface area contributed by atoms with E-state index in [1.807, 2.05) is 30.3 Å². The van der Waals surface area contributed by atoms with Crippen molar-refractivity contribution in [2.75, 3.05) is 0 Å². The third-order valence-electron chi connectivity index (χ3n) is 4.18. The molecule has 0 aliphatic rings. The van der Waals surface area contributed by atoms with Gasteiger partial charge in [0.15, 0.2) is 0 Å². The van der Waals surface area contributed by atoms with E-state index >= 15 is 0 Å². The van der Waals surface area contributed by atoms with Crippen molar-refractivity contribution >= 4 is 12.0 Å². The van der Waals surface area contributed by atoms with Gasteiger partial charge in [-0.1, -0.05) is 65.8 Å². The molecule has 0 saturated heterocycles. The van der Waals surface area contributed by atoms with Gasteiger partial charge in [0.1, 0.15) is 11.5 Å². The van der Waals surface area contributed by atoms with Crippen molar-refractivity contribution in [3.8, 4) is 11.5 Å². The summed E-state index contributed by atoms with van der Waals surface area (Å²) in [7, 11) is 0. The first-order valence-corrected chi connectivity index (χ1v) is 8.81. The molecular weight excluding hydrogens is 324 g/mol. The molecule has 2 rings (SSSR count). The van der Waals surface area contributed by atoms with Crippen LogP contribution in [0.3, 0.4) is 0 Å². The van der Waals surface area contributed by atoms with E-state index in [0.29, 0.717) is 0 Å². The van der Waals surface area contributed by atoms with Gasteiger partial charge in [0.2, 0.25) is 0 Å². The van der Waals surface area contributed by atoms with Crippen LogP contribution in [0.2, 0.25) is 0 Å². The highest BCUT2D eigenvalue weighted by Gasteiger charge is 2.23. The van der Waals surface area contributed by atoms with E-state index in [1.165, 1.54) is 11.1 Å². The quantitative estimate of drug-likeness (QED) is 0.669. The van der Waals surface area contributed by atoms with Gasteiger partial charge in [-0.2, -0.15) is 0 Å². The van der Waals surface area contributed by atoms with Gasteiger partial charge in [-0.05, 0) is 46.2 Å². The molecule has 0 aliphatic heterocycles. The Morgan fingerprint density at radius 1 is 0.923 bits per heavy atom. The van der Waals surface area contributed by atoms with Gasteiger partial charge >= 0.3 is 5.97 Å². The molecule has 0 atom stereocenters. The molecule has 26 heavy (non-hydrogen) atoms. The Kier molecular flexibility index (Phi) is 5.60. The summed E-state index contributed by atoms with van der Waals surface area (Å²) >= 11 is 0. The zero-order valence-corrected chi connectivity index (χ0v) is 16.5. The fraction of sp³-hybridized carbons (Fsp3) is 0.348. The Labute approximate surface area is 156 Å². The number of carboxylic acids is 1. The second-order valence-corrected chi connectivity index (χ2v) is 8.55. The summed E-state index contributed by atoms with van der Waals surface area (Å²) < 4.78 is 6.14. The van der Waals surface area contributed by atoms with E-state index in [4.69, 9.17) is 9.84 Å². The molecule has 0 bridgehead atoms. The Bertz CT molecular complexity index is 801. The zero-order chi connectivity index (χ0) is 19.5. The van der Waals surface area contributed by atoms with Gasteiger partial charge < -0.3 is 9.84 Å². The van der Waals surface area contributed by atoms with E-state index in [9.17, 15) is 4.79 Å². The van der Waals surface area contributed by atoms with Gasteiger partial charge in [-0.25, -0.2) is 4.79 Å². The van der Waals surface area contributed by atoms with E-state index in [-0.39, 0.29) is 10.8 Å². The zero-order valence-electron chi connectivity index (χ0n) is 16.5. The van der Waals surface area contributed by atoms with Crippen LogP contribution in [0.15, 0.2) is 48.5 Å². The molecule has 0 saturated carbocycles. The van der Waals surface area contributed by atoms with Crippen molar-refractivity contribution in [3.05, 3.63) is 65.2 Å². The van der Waals surface area contributed by atoms with Gasteiger partial charge in [-0.15, -0.1) is 0 Å². The van der Waals surface area contributed by atoms with Crippen LogP contribution in [-0.4, -0.2) is 11.1 Å². The fourth-order valence-corrected chi connectivity index (χ4v) is 2.61. The summed E-state index contributed by atoms with van der Waals surface area (Å²) in [5, 5.41) is 8.70. The van der Waals surface area contributed by atoms with Gasteiger partial charge in [0.05, 0.1) is 0 Å². The Morgan fingerprint density at radius 3 is 2.04 bits per heavy atom. The fourth-order valence-electron chi connectivity index (χ4n) is 2.61. The average Bonchev–Trinajstić information content (AvgIpc) is 2.52. The summed E-state index contributed by atoms with van der Waals surface area (Å²) in [6, 6.07) is 13.8. The predicted molar refractivity (Wildman–Crippen MR) is 107 cm³/mol. The van der Waals surface area contributed by atoms with Crippen LogP contribution in [0, 0.1) is 0 Å². The maximum atomic E-state index is 10.6. The van der Waals surface area contributed by atoms with E-state index in [1.54, 1.807) is 6.08 Å². The van der Waals surface area contributed by atoms with Crippen molar-refractivity contribution in [1.82, 2.24) is 0 Å². The molecule has 2 aromatic carbocycles. The number of ether oxygens (including phenoxy) is 1. The third-order valence-corrected chi connectivity index (χ3v) is 4.18. The summed E-state index contributed by atoms with van der Waals surface area (Å²) in [5.41, 5.74) is 3.31. The Hall–Kier alpha value is -2.55. The normalized spacial score (nSPS) is 12.4. The Morgan fingerprint density at radius 2 is 1.54 bits per heavy atom. The summed E-state index contributed by atoms with van der Waals surface area (Å²) in [5.74, 6) is 0.616. The second-order valence-electron chi connectivity index (χ2n) is 8.55. The van der Waals surface area contributed by atoms with Crippen molar-refractivity contribution in [2.24, 2.45) is 0 Å². The Balaban J connectivity index is 2.32.